The first-order chi connectivity index (χ1) is 11.7. The molecule has 24 heavy (non-hydrogen) atoms. The molecule has 4 rings (SSSR count). The summed E-state index contributed by atoms with van der Waals surface area (Å²) in [5, 5.41) is 9.28. The highest BCUT2D eigenvalue weighted by atomic mass is 16.3. The van der Waals surface area contributed by atoms with Gasteiger partial charge in [-0.15, -0.1) is 0 Å². The molecule has 0 spiro atoms. The lowest BCUT2D eigenvalue weighted by Gasteiger charge is -2.16. The molecule has 0 bridgehead atoms. The summed E-state index contributed by atoms with van der Waals surface area (Å²) in [6.07, 6.45) is 1.58. The Morgan fingerprint density at radius 3 is 2.46 bits per heavy atom. The van der Waals surface area contributed by atoms with Crippen LogP contribution in [0.25, 0.3) is 22.6 Å². The summed E-state index contributed by atoms with van der Waals surface area (Å²) in [4.78, 5) is 33.3. The van der Waals surface area contributed by atoms with Crippen molar-refractivity contribution < 1.29 is 14.7 Å². The van der Waals surface area contributed by atoms with Crippen LogP contribution in [0.5, 0.6) is 0 Å². The minimum atomic E-state index is -0.561. The molecule has 0 saturated carbocycles. The number of ketones is 2. The van der Waals surface area contributed by atoms with Crippen molar-refractivity contribution in [3.63, 3.8) is 0 Å². The smallest absolute Gasteiger partial charge is 0.235 e. The third-order valence-corrected chi connectivity index (χ3v) is 4.03. The second kappa shape index (κ2) is 5.47. The van der Waals surface area contributed by atoms with Crippen molar-refractivity contribution in [2.75, 3.05) is 0 Å². The monoisotopic (exact) mass is 316 g/mol. The SMILES string of the molecule is O=C1C(=O)c2ccc(-c3cccc(CO)c3)nc2-c2ncccc21. The van der Waals surface area contributed by atoms with E-state index in [0.717, 1.165) is 11.1 Å². The molecule has 0 aliphatic heterocycles. The molecule has 2 heterocycles. The molecule has 0 saturated heterocycles. The van der Waals surface area contributed by atoms with Crippen LogP contribution in [0, 0.1) is 0 Å². The number of hydrogen-bond acceptors (Lipinski definition) is 5. The third-order valence-electron chi connectivity index (χ3n) is 4.03. The molecule has 1 aromatic carbocycles. The molecule has 0 fully saturated rings. The van der Waals surface area contributed by atoms with Gasteiger partial charge in [0.2, 0.25) is 11.6 Å². The van der Waals surface area contributed by atoms with Crippen LogP contribution in [0.15, 0.2) is 54.7 Å². The van der Waals surface area contributed by atoms with Crippen LogP contribution in [-0.2, 0) is 6.61 Å². The van der Waals surface area contributed by atoms with E-state index < -0.39 is 11.6 Å². The molecule has 1 aliphatic rings. The summed E-state index contributed by atoms with van der Waals surface area (Å²) in [7, 11) is 0. The highest BCUT2D eigenvalue weighted by Gasteiger charge is 2.32. The van der Waals surface area contributed by atoms with Crippen molar-refractivity contribution in [2.24, 2.45) is 0 Å². The molecule has 1 N–H and O–H groups in total. The van der Waals surface area contributed by atoms with Crippen LogP contribution in [0.4, 0.5) is 0 Å². The molecular formula is C19H12N2O3. The number of rotatable bonds is 2. The first-order valence-corrected chi connectivity index (χ1v) is 7.44. The third kappa shape index (κ3) is 2.14. The van der Waals surface area contributed by atoms with Crippen molar-refractivity contribution >= 4 is 11.6 Å². The fraction of sp³-hybridized carbons (Fsp3) is 0.0526. The van der Waals surface area contributed by atoms with Crippen LogP contribution in [0.3, 0.4) is 0 Å². The molecule has 5 heteroatoms. The average molecular weight is 316 g/mol. The highest BCUT2D eigenvalue weighted by molar-refractivity contribution is 6.52. The number of aromatic nitrogens is 2. The van der Waals surface area contributed by atoms with Crippen LogP contribution < -0.4 is 0 Å². The van der Waals surface area contributed by atoms with E-state index in [9.17, 15) is 14.7 Å². The molecule has 0 radical (unpaired) electrons. The van der Waals surface area contributed by atoms with E-state index in [2.05, 4.69) is 9.97 Å². The van der Waals surface area contributed by atoms with Crippen molar-refractivity contribution in [3.8, 4) is 22.6 Å². The Hall–Kier alpha value is -3.18. The van der Waals surface area contributed by atoms with Gasteiger partial charge in [-0.3, -0.25) is 14.6 Å². The fourth-order valence-corrected chi connectivity index (χ4v) is 2.83. The summed E-state index contributed by atoms with van der Waals surface area (Å²) < 4.78 is 0. The Balaban J connectivity index is 1.92. The maximum Gasteiger partial charge on any atom is 0.235 e. The molecule has 116 valence electrons. The van der Waals surface area contributed by atoms with Gasteiger partial charge in [0.1, 0.15) is 11.4 Å². The van der Waals surface area contributed by atoms with Gasteiger partial charge in [-0.25, -0.2) is 4.98 Å². The molecule has 3 aromatic rings. The Morgan fingerprint density at radius 1 is 0.875 bits per heavy atom. The lowest BCUT2D eigenvalue weighted by Crippen LogP contribution is -2.22. The fourth-order valence-electron chi connectivity index (χ4n) is 2.83. The standard InChI is InChI=1S/C19H12N2O3/c22-10-11-3-1-4-12(9-11)15-7-6-14-17(21-15)16-13(5-2-8-20-16)18(23)19(14)24/h1-9,22H,10H2. The van der Waals surface area contributed by atoms with Gasteiger partial charge < -0.3 is 5.11 Å². The predicted octanol–water partition coefficient (Wildman–Crippen LogP) is 2.68. The van der Waals surface area contributed by atoms with Crippen molar-refractivity contribution in [2.45, 2.75) is 6.61 Å². The van der Waals surface area contributed by atoms with Crippen LogP contribution >= 0.6 is 0 Å². The molecule has 0 unspecified atom stereocenters. The van der Waals surface area contributed by atoms with E-state index in [0.29, 0.717) is 17.1 Å². The number of hydrogen-bond donors (Lipinski definition) is 1. The van der Waals surface area contributed by atoms with Gasteiger partial charge in [-0.2, -0.15) is 0 Å². The molecule has 0 amide bonds. The molecule has 1 aliphatic carbocycles. The predicted molar refractivity (Wildman–Crippen MR) is 87.5 cm³/mol. The lowest BCUT2D eigenvalue weighted by molar-refractivity contribution is 0.0814. The second-order valence-corrected chi connectivity index (χ2v) is 5.51. The summed E-state index contributed by atoms with van der Waals surface area (Å²) in [6.45, 7) is -0.0594. The molecule has 2 aromatic heterocycles. The van der Waals surface area contributed by atoms with Gasteiger partial charge >= 0.3 is 0 Å². The zero-order valence-corrected chi connectivity index (χ0v) is 12.6. The van der Waals surface area contributed by atoms with Gasteiger partial charge in [-0.05, 0) is 35.9 Å². The quantitative estimate of drug-likeness (QED) is 0.735. The van der Waals surface area contributed by atoms with Gasteiger partial charge in [0.25, 0.3) is 0 Å². The first-order valence-electron chi connectivity index (χ1n) is 7.44. The summed E-state index contributed by atoms with van der Waals surface area (Å²) >= 11 is 0. The highest BCUT2D eigenvalue weighted by Crippen LogP contribution is 2.32. The minimum absolute atomic E-state index is 0.0594. The molecule has 0 atom stereocenters. The van der Waals surface area contributed by atoms with E-state index in [-0.39, 0.29) is 17.7 Å². The number of carbonyl (C=O) groups is 2. The number of Topliss-reactive ketones (excluding diaryl/α,β-unsaturated/α-hetero) is 2. The Kier molecular flexibility index (Phi) is 3.29. The van der Waals surface area contributed by atoms with E-state index in [4.69, 9.17) is 0 Å². The number of aliphatic hydroxyl groups is 1. The zero-order valence-electron chi connectivity index (χ0n) is 12.6. The topological polar surface area (TPSA) is 80.2 Å². The maximum absolute atomic E-state index is 12.3. The minimum Gasteiger partial charge on any atom is -0.392 e. The number of fused-ring (bicyclic) bond motifs is 3. The van der Waals surface area contributed by atoms with Gasteiger partial charge in [-0.1, -0.05) is 18.2 Å². The average Bonchev–Trinajstić information content (AvgIpc) is 2.65. The van der Waals surface area contributed by atoms with E-state index >= 15 is 0 Å². The number of pyridine rings is 2. The van der Waals surface area contributed by atoms with Gasteiger partial charge in [0, 0.05) is 11.8 Å². The van der Waals surface area contributed by atoms with Gasteiger partial charge in [0.15, 0.2) is 0 Å². The van der Waals surface area contributed by atoms with E-state index in [1.807, 2.05) is 24.3 Å². The number of aliphatic hydroxyl groups excluding tert-OH is 1. The Bertz CT molecular complexity index is 995. The van der Waals surface area contributed by atoms with E-state index in [1.165, 1.54) is 0 Å². The Labute approximate surface area is 137 Å². The second-order valence-electron chi connectivity index (χ2n) is 5.51. The summed E-state index contributed by atoms with van der Waals surface area (Å²) in [5.74, 6) is -1.11. The maximum atomic E-state index is 12.3. The summed E-state index contributed by atoms with van der Waals surface area (Å²) in [5.41, 5.74) is 3.65. The zero-order chi connectivity index (χ0) is 16.7. The normalized spacial score (nSPS) is 12.7. The van der Waals surface area contributed by atoms with Crippen LogP contribution in [-0.4, -0.2) is 26.6 Å². The lowest BCUT2D eigenvalue weighted by atomic mass is 9.90. The Morgan fingerprint density at radius 2 is 1.67 bits per heavy atom. The number of carbonyl (C=O) groups excluding carboxylic acids is 2. The summed E-state index contributed by atoms with van der Waals surface area (Å²) in [6, 6.07) is 13.9. The number of benzene rings is 1. The largest absolute Gasteiger partial charge is 0.392 e. The van der Waals surface area contributed by atoms with Crippen molar-refractivity contribution in [1.82, 2.24) is 9.97 Å². The van der Waals surface area contributed by atoms with Crippen molar-refractivity contribution in [3.05, 3.63) is 71.4 Å². The number of nitrogens with zero attached hydrogens (tertiary/aromatic N) is 2. The van der Waals surface area contributed by atoms with Gasteiger partial charge in [0.05, 0.1) is 23.4 Å². The van der Waals surface area contributed by atoms with E-state index in [1.54, 1.807) is 30.5 Å². The molecular weight excluding hydrogens is 304 g/mol. The first kappa shape index (κ1) is 14.4. The van der Waals surface area contributed by atoms with Crippen LogP contribution in [0.1, 0.15) is 26.3 Å². The van der Waals surface area contributed by atoms with Crippen LogP contribution in [0.2, 0.25) is 0 Å². The van der Waals surface area contributed by atoms with Crippen molar-refractivity contribution in [1.29, 1.82) is 0 Å². The molecule has 5 nitrogen and oxygen atoms in total.